The molecule has 0 bridgehead atoms. The van der Waals surface area contributed by atoms with Crippen LogP contribution >= 0.6 is 11.6 Å². The fraction of sp³-hybridized carbons (Fsp3) is 0.562. The van der Waals surface area contributed by atoms with Gasteiger partial charge >= 0.3 is 0 Å². The van der Waals surface area contributed by atoms with Crippen molar-refractivity contribution >= 4 is 28.2 Å². The number of morpholine rings is 1. The van der Waals surface area contributed by atoms with Crippen molar-refractivity contribution < 1.29 is 4.74 Å². The number of anilines is 1. The highest BCUT2D eigenvalue weighted by atomic mass is 35.5. The van der Waals surface area contributed by atoms with Gasteiger partial charge in [0.1, 0.15) is 0 Å². The van der Waals surface area contributed by atoms with Crippen molar-refractivity contribution in [3.05, 3.63) is 23.4 Å². The zero-order valence-electron chi connectivity index (χ0n) is 12.6. The molecule has 2 aliphatic heterocycles. The lowest BCUT2D eigenvalue weighted by Gasteiger charge is -2.41. The van der Waals surface area contributed by atoms with E-state index >= 15 is 0 Å². The Balaban J connectivity index is 1.49. The maximum atomic E-state index is 6.25. The maximum Gasteiger partial charge on any atom is 0.0686 e. The SMILES string of the molecule is Clc1cc(N2CCC(N3CCOCC3)CC2)c2cn[nH]c2c1. The number of benzene rings is 1. The molecule has 0 unspecified atom stereocenters. The van der Waals surface area contributed by atoms with E-state index in [2.05, 4.69) is 26.1 Å². The lowest BCUT2D eigenvalue weighted by atomic mass is 10.0. The first-order chi connectivity index (χ1) is 10.8. The number of hydrogen-bond acceptors (Lipinski definition) is 4. The van der Waals surface area contributed by atoms with Gasteiger partial charge in [-0.25, -0.2) is 0 Å². The van der Waals surface area contributed by atoms with Crippen molar-refractivity contribution in [2.24, 2.45) is 0 Å². The summed E-state index contributed by atoms with van der Waals surface area (Å²) >= 11 is 6.25. The molecule has 2 saturated heterocycles. The number of piperidine rings is 1. The second-order valence-corrected chi connectivity index (χ2v) is 6.56. The molecule has 6 heteroatoms. The largest absolute Gasteiger partial charge is 0.379 e. The van der Waals surface area contributed by atoms with Gasteiger partial charge in [-0.1, -0.05) is 11.6 Å². The Bertz CT molecular complexity index is 645. The highest BCUT2D eigenvalue weighted by Gasteiger charge is 2.26. The van der Waals surface area contributed by atoms with E-state index in [1.54, 1.807) is 0 Å². The zero-order valence-corrected chi connectivity index (χ0v) is 13.4. The van der Waals surface area contributed by atoms with E-state index < -0.39 is 0 Å². The average molecular weight is 321 g/mol. The molecule has 0 amide bonds. The normalized spacial score (nSPS) is 21.6. The molecule has 0 saturated carbocycles. The number of aromatic amines is 1. The van der Waals surface area contributed by atoms with Crippen LogP contribution in [-0.4, -0.2) is 60.5 Å². The van der Waals surface area contributed by atoms with Crippen molar-refractivity contribution in [2.75, 3.05) is 44.3 Å². The van der Waals surface area contributed by atoms with Crippen molar-refractivity contribution in [2.45, 2.75) is 18.9 Å². The number of halogens is 1. The zero-order chi connectivity index (χ0) is 14.9. The van der Waals surface area contributed by atoms with Crippen LogP contribution in [0.5, 0.6) is 0 Å². The molecule has 1 aromatic carbocycles. The van der Waals surface area contributed by atoms with Gasteiger partial charge in [-0.05, 0) is 25.0 Å². The van der Waals surface area contributed by atoms with E-state index in [1.165, 1.54) is 18.5 Å². The number of rotatable bonds is 2. The Kier molecular flexibility index (Phi) is 3.94. The van der Waals surface area contributed by atoms with Crippen LogP contribution in [-0.2, 0) is 4.74 Å². The van der Waals surface area contributed by atoms with Gasteiger partial charge in [-0.3, -0.25) is 10.00 Å². The molecule has 0 radical (unpaired) electrons. The second-order valence-electron chi connectivity index (χ2n) is 6.12. The van der Waals surface area contributed by atoms with Gasteiger partial charge in [0, 0.05) is 48.3 Å². The van der Waals surface area contributed by atoms with Crippen molar-refractivity contribution in [1.82, 2.24) is 15.1 Å². The second kappa shape index (κ2) is 6.07. The van der Waals surface area contributed by atoms with Gasteiger partial charge in [-0.2, -0.15) is 5.10 Å². The smallest absolute Gasteiger partial charge is 0.0686 e. The summed E-state index contributed by atoms with van der Waals surface area (Å²) in [6, 6.07) is 4.70. The lowest BCUT2D eigenvalue weighted by Crippen LogP contribution is -2.49. The monoisotopic (exact) mass is 320 g/mol. The highest BCUT2D eigenvalue weighted by molar-refractivity contribution is 6.31. The molecular weight excluding hydrogens is 300 g/mol. The van der Waals surface area contributed by atoms with Gasteiger partial charge in [0.15, 0.2) is 0 Å². The summed E-state index contributed by atoms with van der Waals surface area (Å²) in [5, 5.41) is 9.10. The number of H-pyrrole nitrogens is 1. The first kappa shape index (κ1) is 14.3. The average Bonchev–Trinajstić information content (AvgIpc) is 3.03. The van der Waals surface area contributed by atoms with Gasteiger partial charge in [0.25, 0.3) is 0 Å². The molecule has 1 aromatic heterocycles. The summed E-state index contributed by atoms with van der Waals surface area (Å²) in [5.74, 6) is 0. The molecule has 0 spiro atoms. The van der Waals surface area contributed by atoms with E-state index in [0.29, 0.717) is 6.04 Å². The molecular formula is C16H21ClN4O. The van der Waals surface area contributed by atoms with Gasteiger partial charge in [0.05, 0.1) is 24.9 Å². The van der Waals surface area contributed by atoms with Crippen LogP contribution in [0.2, 0.25) is 5.02 Å². The van der Waals surface area contributed by atoms with Crippen LogP contribution in [0, 0.1) is 0 Å². The Hall–Kier alpha value is -1.30. The Morgan fingerprint density at radius 2 is 1.91 bits per heavy atom. The van der Waals surface area contributed by atoms with Gasteiger partial charge in [-0.15, -0.1) is 0 Å². The lowest BCUT2D eigenvalue weighted by molar-refractivity contribution is 0.0115. The van der Waals surface area contributed by atoms with Gasteiger partial charge < -0.3 is 9.64 Å². The van der Waals surface area contributed by atoms with Gasteiger partial charge in [0.2, 0.25) is 0 Å². The van der Waals surface area contributed by atoms with Crippen LogP contribution in [0.25, 0.3) is 10.9 Å². The van der Waals surface area contributed by atoms with Crippen molar-refractivity contribution in [1.29, 1.82) is 0 Å². The number of nitrogens with zero attached hydrogens (tertiary/aromatic N) is 3. The first-order valence-electron chi connectivity index (χ1n) is 8.00. The number of fused-ring (bicyclic) bond motifs is 1. The predicted octanol–water partition coefficient (Wildman–Crippen LogP) is 2.52. The third-order valence-corrected chi connectivity index (χ3v) is 5.09. The molecule has 2 fully saturated rings. The maximum absolute atomic E-state index is 6.25. The third-order valence-electron chi connectivity index (χ3n) is 4.87. The minimum absolute atomic E-state index is 0.694. The Labute approximate surface area is 135 Å². The van der Waals surface area contributed by atoms with Crippen molar-refractivity contribution in [3.63, 3.8) is 0 Å². The minimum atomic E-state index is 0.694. The van der Waals surface area contributed by atoms with E-state index in [9.17, 15) is 0 Å². The molecule has 0 atom stereocenters. The summed E-state index contributed by atoms with van der Waals surface area (Å²) < 4.78 is 5.46. The molecule has 0 aliphatic carbocycles. The molecule has 3 heterocycles. The van der Waals surface area contributed by atoms with Crippen LogP contribution in [0.1, 0.15) is 12.8 Å². The molecule has 2 aromatic rings. The Morgan fingerprint density at radius 1 is 1.14 bits per heavy atom. The molecule has 5 nitrogen and oxygen atoms in total. The number of aromatic nitrogens is 2. The van der Waals surface area contributed by atoms with E-state index in [1.807, 2.05) is 12.3 Å². The standard InChI is InChI=1S/C16H21ClN4O/c17-12-9-15-14(11-18-19-15)16(10-12)21-3-1-13(2-4-21)20-5-7-22-8-6-20/h9-11,13H,1-8H2,(H,18,19). The summed E-state index contributed by atoms with van der Waals surface area (Å²) in [7, 11) is 0. The van der Waals surface area contributed by atoms with Crippen LogP contribution in [0.15, 0.2) is 18.3 Å². The molecule has 1 N–H and O–H groups in total. The van der Waals surface area contributed by atoms with Crippen LogP contribution < -0.4 is 4.90 Å². The fourth-order valence-corrected chi connectivity index (χ4v) is 3.89. The predicted molar refractivity (Wildman–Crippen MR) is 88.7 cm³/mol. The summed E-state index contributed by atoms with van der Waals surface area (Å²) in [5.41, 5.74) is 2.22. The van der Waals surface area contributed by atoms with Crippen LogP contribution in [0.3, 0.4) is 0 Å². The topological polar surface area (TPSA) is 44.4 Å². The van der Waals surface area contributed by atoms with E-state index in [4.69, 9.17) is 16.3 Å². The van der Waals surface area contributed by atoms with E-state index in [-0.39, 0.29) is 0 Å². The molecule has 118 valence electrons. The number of nitrogens with one attached hydrogen (secondary N) is 1. The minimum Gasteiger partial charge on any atom is -0.379 e. The summed E-state index contributed by atoms with van der Waals surface area (Å²) in [6.45, 7) is 6.06. The third kappa shape index (κ3) is 2.69. The van der Waals surface area contributed by atoms with Crippen molar-refractivity contribution in [3.8, 4) is 0 Å². The first-order valence-corrected chi connectivity index (χ1v) is 8.38. The summed E-state index contributed by atoms with van der Waals surface area (Å²) in [6.07, 6.45) is 4.30. The molecule has 22 heavy (non-hydrogen) atoms. The highest BCUT2D eigenvalue weighted by Crippen LogP contribution is 2.32. The quantitative estimate of drug-likeness (QED) is 0.923. The Morgan fingerprint density at radius 3 is 2.68 bits per heavy atom. The van der Waals surface area contributed by atoms with E-state index in [0.717, 1.165) is 55.3 Å². The summed E-state index contributed by atoms with van der Waals surface area (Å²) in [4.78, 5) is 5.03. The van der Waals surface area contributed by atoms with Crippen LogP contribution in [0.4, 0.5) is 5.69 Å². The molecule has 4 rings (SSSR count). The number of hydrogen-bond donors (Lipinski definition) is 1. The molecule has 2 aliphatic rings. The fourth-order valence-electron chi connectivity index (χ4n) is 3.67. The number of ether oxygens (including phenoxy) is 1.